The minimum absolute atomic E-state index is 0.190. The zero-order valence-corrected chi connectivity index (χ0v) is 12.6. The lowest BCUT2D eigenvalue weighted by molar-refractivity contribution is 0.268. The highest BCUT2D eigenvalue weighted by atomic mass is 15.5. The Morgan fingerprint density at radius 1 is 1.28 bits per heavy atom. The van der Waals surface area contributed by atoms with Gasteiger partial charge in [0.1, 0.15) is 0 Å². The molecular formula is C13H27N5. The number of tetrazole rings is 1. The van der Waals surface area contributed by atoms with Crippen LogP contribution in [0.5, 0.6) is 0 Å². The monoisotopic (exact) mass is 253 g/mol. The van der Waals surface area contributed by atoms with E-state index in [0.29, 0.717) is 5.92 Å². The summed E-state index contributed by atoms with van der Waals surface area (Å²) in [5, 5.41) is 15.5. The van der Waals surface area contributed by atoms with Crippen molar-refractivity contribution in [2.45, 2.75) is 60.5 Å². The van der Waals surface area contributed by atoms with Gasteiger partial charge in [-0.25, -0.2) is 4.68 Å². The van der Waals surface area contributed by atoms with E-state index in [1.807, 2.05) is 4.68 Å². The normalized spacial score (nSPS) is 14.2. The summed E-state index contributed by atoms with van der Waals surface area (Å²) in [6.45, 7) is 15.0. The van der Waals surface area contributed by atoms with Crippen LogP contribution in [0.3, 0.4) is 0 Å². The van der Waals surface area contributed by atoms with Crippen molar-refractivity contribution < 1.29 is 0 Å². The fourth-order valence-electron chi connectivity index (χ4n) is 1.66. The average molecular weight is 253 g/mol. The number of hydrogen-bond donors (Lipinski definition) is 1. The molecule has 1 aromatic heterocycles. The van der Waals surface area contributed by atoms with Crippen LogP contribution in [0.2, 0.25) is 0 Å². The van der Waals surface area contributed by atoms with E-state index >= 15 is 0 Å². The van der Waals surface area contributed by atoms with E-state index in [0.717, 1.165) is 25.3 Å². The van der Waals surface area contributed by atoms with Gasteiger partial charge in [-0.15, -0.1) is 5.10 Å². The molecule has 1 aromatic rings. The maximum absolute atomic E-state index is 4.15. The lowest BCUT2D eigenvalue weighted by atomic mass is 9.90. The van der Waals surface area contributed by atoms with Gasteiger partial charge in [-0.3, -0.25) is 0 Å². The first-order chi connectivity index (χ1) is 8.35. The van der Waals surface area contributed by atoms with Crippen LogP contribution in [0.25, 0.3) is 0 Å². The van der Waals surface area contributed by atoms with Crippen LogP contribution in [0.4, 0.5) is 0 Å². The topological polar surface area (TPSA) is 55.6 Å². The van der Waals surface area contributed by atoms with E-state index in [4.69, 9.17) is 0 Å². The molecule has 0 fully saturated rings. The third kappa shape index (κ3) is 4.37. The quantitative estimate of drug-likeness (QED) is 0.811. The molecule has 0 saturated carbocycles. The zero-order chi connectivity index (χ0) is 13.8. The summed E-state index contributed by atoms with van der Waals surface area (Å²) in [5.41, 5.74) is 0.224. The molecule has 0 aromatic carbocycles. The Balaban J connectivity index is 2.70. The van der Waals surface area contributed by atoms with Gasteiger partial charge in [0, 0.05) is 6.54 Å². The van der Waals surface area contributed by atoms with Crippen molar-refractivity contribution in [3.8, 4) is 0 Å². The summed E-state index contributed by atoms with van der Waals surface area (Å²) >= 11 is 0. The molecule has 0 aliphatic rings. The number of aromatic nitrogens is 4. The van der Waals surface area contributed by atoms with Crippen LogP contribution in [0, 0.1) is 11.3 Å². The maximum atomic E-state index is 4.15. The Bertz CT molecular complexity index is 356. The number of nitrogens with one attached hydrogen (secondary N) is 1. The first-order valence-corrected chi connectivity index (χ1v) is 6.85. The zero-order valence-electron chi connectivity index (χ0n) is 12.6. The number of rotatable bonds is 7. The second-order valence-corrected chi connectivity index (χ2v) is 6.24. The molecule has 18 heavy (non-hydrogen) atoms. The first kappa shape index (κ1) is 15.1. The van der Waals surface area contributed by atoms with Crippen molar-refractivity contribution in [2.75, 3.05) is 6.54 Å². The molecule has 1 unspecified atom stereocenters. The van der Waals surface area contributed by atoms with Gasteiger partial charge in [0.25, 0.3) is 0 Å². The average Bonchev–Trinajstić information content (AvgIpc) is 2.73. The van der Waals surface area contributed by atoms with Gasteiger partial charge < -0.3 is 5.32 Å². The Hall–Kier alpha value is -0.970. The molecular weight excluding hydrogens is 226 g/mol. The number of hydrogen-bond acceptors (Lipinski definition) is 4. The molecule has 1 atom stereocenters. The summed E-state index contributed by atoms with van der Waals surface area (Å²) in [7, 11) is 0. The van der Waals surface area contributed by atoms with Gasteiger partial charge in [-0.05, 0) is 41.6 Å². The van der Waals surface area contributed by atoms with Crippen molar-refractivity contribution in [1.82, 2.24) is 25.5 Å². The molecule has 0 saturated heterocycles. The summed E-state index contributed by atoms with van der Waals surface area (Å²) in [6.07, 6.45) is 1.11. The van der Waals surface area contributed by atoms with E-state index in [-0.39, 0.29) is 11.5 Å². The van der Waals surface area contributed by atoms with Crippen molar-refractivity contribution in [3.05, 3.63) is 5.82 Å². The Morgan fingerprint density at radius 3 is 2.50 bits per heavy atom. The van der Waals surface area contributed by atoms with Crippen LogP contribution in [-0.4, -0.2) is 26.8 Å². The molecule has 5 nitrogen and oxygen atoms in total. The van der Waals surface area contributed by atoms with Gasteiger partial charge in [0.2, 0.25) is 0 Å². The molecule has 0 aliphatic heterocycles. The predicted molar refractivity (Wildman–Crippen MR) is 73.1 cm³/mol. The van der Waals surface area contributed by atoms with Crippen LogP contribution < -0.4 is 5.32 Å². The predicted octanol–water partition coefficient (Wildman–Crippen LogP) is 2.42. The van der Waals surface area contributed by atoms with Crippen molar-refractivity contribution in [1.29, 1.82) is 0 Å². The second-order valence-electron chi connectivity index (χ2n) is 6.24. The van der Waals surface area contributed by atoms with Crippen molar-refractivity contribution in [2.24, 2.45) is 11.3 Å². The smallest absolute Gasteiger partial charge is 0.167 e. The molecule has 0 aliphatic carbocycles. The van der Waals surface area contributed by atoms with Crippen molar-refractivity contribution in [3.63, 3.8) is 0 Å². The third-order valence-electron chi connectivity index (χ3n) is 3.31. The Labute approximate surface area is 110 Å². The summed E-state index contributed by atoms with van der Waals surface area (Å²) < 4.78 is 1.93. The maximum Gasteiger partial charge on any atom is 0.167 e. The lowest BCUT2D eigenvalue weighted by Crippen LogP contribution is -2.28. The molecule has 1 heterocycles. The van der Waals surface area contributed by atoms with Gasteiger partial charge in [0.15, 0.2) is 5.82 Å². The SMILES string of the molecule is CCC(C)(C)Cn1nnnc1C(C)NCC(C)C. The highest BCUT2D eigenvalue weighted by Crippen LogP contribution is 2.23. The summed E-state index contributed by atoms with van der Waals surface area (Å²) in [4.78, 5) is 0. The van der Waals surface area contributed by atoms with Gasteiger partial charge in [-0.2, -0.15) is 0 Å². The standard InChI is InChI=1S/C13H27N5/c1-7-13(5,6)9-18-12(15-16-17-18)11(4)14-8-10(2)3/h10-11,14H,7-9H2,1-6H3. The second kappa shape index (κ2) is 6.27. The van der Waals surface area contributed by atoms with Crippen LogP contribution in [0.15, 0.2) is 0 Å². The van der Waals surface area contributed by atoms with Crippen LogP contribution >= 0.6 is 0 Å². The minimum atomic E-state index is 0.190. The van der Waals surface area contributed by atoms with E-state index in [2.05, 4.69) is 62.4 Å². The Kier molecular flexibility index (Phi) is 5.26. The van der Waals surface area contributed by atoms with Crippen LogP contribution in [0.1, 0.15) is 59.8 Å². The molecule has 1 N–H and O–H groups in total. The largest absolute Gasteiger partial charge is 0.307 e. The van der Waals surface area contributed by atoms with Gasteiger partial charge >= 0.3 is 0 Å². The highest BCUT2D eigenvalue weighted by molar-refractivity contribution is 4.90. The fourth-order valence-corrected chi connectivity index (χ4v) is 1.66. The van der Waals surface area contributed by atoms with E-state index < -0.39 is 0 Å². The van der Waals surface area contributed by atoms with E-state index in [9.17, 15) is 0 Å². The first-order valence-electron chi connectivity index (χ1n) is 6.85. The summed E-state index contributed by atoms with van der Waals surface area (Å²) in [5.74, 6) is 1.56. The molecule has 5 heteroatoms. The molecule has 1 rings (SSSR count). The Morgan fingerprint density at radius 2 is 1.94 bits per heavy atom. The molecule has 0 amide bonds. The minimum Gasteiger partial charge on any atom is -0.307 e. The van der Waals surface area contributed by atoms with E-state index in [1.165, 1.54) is 0 Å². The number of nitrogens with zero attached hydrogens (tertiary/aromatic N) is 4. The van der Waals surface area contributed by atoms with E-state index in [1.54, 1.807) is 0 Å². The molecule has 0 spiro atoms. The third-order valence-corrected chi connectivity index (χ3v) is 3.31. The summed E-state index contributed by atoms with van der Waals surface area (Å²) in [6, 6.07) is 0.190. The molecule has 0 bridgehead atoms. The molecule has 0 radical (unpaired) electrons. The fraction of sp³-hybridized carbons (Fsp3) is 0.923. The lowest BCUT2D eigenvalue weighted by Gasteiger charge is -2.23. The van der Waals surface area contributed by atoms with Crippen molar-refractivity contribution >= 4 is 0 Å². The van der Waals surface area contributed by atoms with Gasteiger partial charge in [0.05, 0.1) is 6.04 Å². The van der Waals surface area contributed by atoms with Gasteiger partial charge in [-0.1, -0.05) is 34.6 Å². The highest BCUT2D eigenvalue weighted by Gasteiger charge is 2.21. The van der Waals surface area contributed by atoms with Crippen LogP contribution in [-0.2, 0) is 6.54 Å². The molecule has 104 valence electrons.